The van der Waals surface area contributed by atoms with Gasteiger partial charge in [0.15, 0.2) is 0 Å². The highest BCUT2D eigenvalue weighted by Crippen LogP contribution is 2.33. The lowest BCUT2D eigenvalue weighted by Gasteiger charge is -2.31. The molecule has 0 spiro atoms. The summed E-state index contributed by atoms with van der Waals surface area (Å²) in [4.78, 5) is 19.1. The summed E-state index contributed by atoms with van der Waals surface area (Å²) in [5.41, 5.74) is 1.18. The minimum atomic E-state index is 0. The maximum atomic E-state index is 12.8. The number of nitrogens with one attached hydrogen (secondary N) is 1. The van der Waals surface area contributed by atoms with Crippen molar-refractivity contribution in [2.45, 2.75) is 45.1 Å². The molecule has 1 N–H and O–H groups in total. The summed E-state index contributed by atoms with van der Waals surface area (Å²) in [5, 5.41) is 3.46. The first-order valence-corrected chi connectivity index (χ1v) is 8.66. The van der Waals surface area contributed by atoms with E-state index in [1.807, 2.05) is 12.3 Å². The Bertz CT molecular complexity index is 490. The highest BCUT2D eigenvalue weighted by Gasteiger charge is 2.32. The van der Waals surface area contributed by atoms with E-state index in [4.69, 9.17) is 0 Å². The van der Waals surface area contributed by atoms with Crippen LogP contribution in [0.1, 0.15) is 50.6 Å². The highest BCUT2D eigenvalue weighted by atomic mass is 35.5. The van der Waals surface area contributed by atoms with Crippen molar-refractivity contribution in [2.24, 2.45) is 11.8 Å². The first-order valence-electron chi connectivity index (χ1n) is 8.66. The van der Waals surface area contributed by atoms with Crippen molar-refractivity contribution in [3.8, 4) is 0 Å². The summed E-state index contributed by atoms with van der Waals surface area (Å²) >= 11 is 0. The molecule has 3 heterocycles. The Morgan fingerprint density at radius 1 is 1.43 bits per heavy atom. The zero-order chi connectivity index (χ0) is 15.4. The molecular weight excluding hydrogens is 310 g/mol. The number of likely N-dealkylation sites (tertiary alicyclic amines) is 1. The highest BCUT2D eigenvalue weighted by molar-refractivity contribution is 5.85. The van der Waals surface area contributed by atoms with Crippen LogP contribution in [-0.2, 0) is 4.79 Å². The van der Waals surface area contributed by atoms with Crippen LogP contribution in [-0.4, -0.2) is 35.4 Å². The fourth-order valence-electron chi connectivity index (χ4n) is 3.91. The fraction of sp³-hybridized carbons (Fsp3) is 0.667. The summed E-state index contributed by atoms with van der Waals surface area (Å²) in [6.45, 7) is 5.34. The summed E-state index contributed by atoms with van der Waals surface area (Å²) in [5.74, 6) is 1.44. The Labute approximate surface area is 145 Å². The van der Waals surface area contributed by atoms with E-state index < -0.39 is 0 Å². The lowest BCUT2D eigenvalue weighted by Crippen LogP contribution is -2.37. The lowest BCUT2D eigenvalue weighted by atomic mass is 9.85. The molecule has 1 aromatic rings. The molecule has 3 atom stereocenters. The number of pyridine rings is 1. The van der Waals surface area contributed by atoms with Gasteiger partial charge >= 0.3 is 0 Å². The molecule has 0 aromatic carbocycles. The SMILES string of the molecule is CC(CC(=O)N1CCCC1c1cccnc1)C1CCCNC1.Cl. The third-order valence-corrected chi connectivity index (χ3v) is 5.28. The van der Waals surface area contributed by atoms with Crippen LogP contribution in [0.15, 0.2) is 24.5 Å². The minimum Gasteiger partial charge on any atom is -0.336 e. The average molecular weight is 338 g/mol. The molecule has 2 aliphatic heterocycles. The van der Waals surface area contributed by atoms with Gasteiger partial charge in [-0.1, -0.05) is 13.0 Å². The number of piperidine rings is 1. The van der Waals surface area contributed by atoms with Gasteiger partial charge in [-0.25, -0.2) is 0 Å². The number of amides is 1. The molecule has 2 fully saturated rings. The predicted octanol–water partition coefficient (Wildman–Crippen LogP) is 3.19. The van der Waals surface area contributed by atoms with Gasteiger partial charge in [0.05, 0.1) is 6.04 Å². The van der Waals surface area contributed by atoms with Gasteiger partial charge < -0.3 is 10.2 Å². The molecule has 2 saturated heterocycles. The van der Waals surface area contributed by atoms with Crippen molar-refractivity contribution >= 4 is 18.3 Å². The zero-order valence-electron chi connectivity index (χ0n) is 13.9. The van der Waals surface area contributed by atoms with E-state index in [0.29, 0.717) is 24.2 Å². The summed E-state index contributed by atoms with van der Waals surface area (Å²) < 4.78 is 0. The molecule has 1 aromatic heterocycles. The molecular formula is C18H28ClN3O. The standard InChI is InChI=1S/C18H27N3O.ClH/c1-14(15-5-2-8-19-12-15)11-18(22)21-10-4-7-17(21)16-6-3-9-20-13-16;/h3,6,9,13-15,17,19H,2,4-5,7-8,10-12H2,1H3;1H. The molecule has 3 unspecified atom stereocenters. The molecule has 23 heavy (non-hydrogen) atoms. The maximum absolute atomic E-state index is 12.8. The molecule has 1 amide bonds. The first kappa shape index (κ1) is 18.2. The van der Waals surface area contributed by atoms with Gasteiger partial charge in [-0.3, -0.25) is 9.78 Å². The van der Waals surface area contributed by atoms with Crippen LogP contribution in [0.3, 0.4) is 0 Å². The fourth-order valence-corrected chi connectivity index (χ4v) is 3.91. The van der Waals surface area contributed by atoms with Crippen LogP contribution in [0, 0.1) is 11.8 Å². The van der Waals surface area contributed by atoms with Gasteiger partial charge in [0, 0.05) is 25.4 Å². The van der Waals surface area contributed by atoms with Crippen molar-refractivity contribution < 1.29 is 4.79 Å². The number of hydrogen-bond acceptors (Lipinski definition) is 3. The van der Waals surface area contributed by atoms with E-state index in [2.05, 4.69) is 28.2 Å². The second-order valence-corrected chi connectivity index (χ2v) is 6.82. The van der Waals surface area contributed by atoms with E-state index in [9.17, 15) is 4.79 Å². The molecule has 5 heteroatoms. The molecule has 0 radical (unpaired) electrons. The topological polar surface area (TPSA) is 45.2 Å². The normalized spacial score (nSPS) is 25.7. The van der Waals surface area contributed by atoms with Crippen LogP contribution in [0.2, 0.25) is 0 Å². The molecule has 0 aliphatic carbocycles. The van der Waals surface area contributed by atoms with Crippen molar-refractivity contribution in [2.75, 3.05) is 19.6 Å². The van der Waals surface area contributed by atoms with Crippen LogP contribution in [0.5, 0.6) is 0 Å². The van der Waals surface area contributed by atoms with Crippen LogP contribution in [0.25, 0.3) is 0 Å². The van der Waals surface area contributed by atoms with E-state index >= 15 is 0 Å². The van der Waals surface area contributed by atoms with Gasteiger partial charge in [-0.05, 0) is 62.2 Å². The van der Waals surface area contributed by atoms with E-state index in [-0.39, 0.29) is 18.4 Å². The van der Waals surface area contributed by atoms with Gasteiger partial charge in [-0.15, -0.1) is 12.4 Å². The monoisotopic (exact) mass is 337 g/mol. The third-order valence-electron chi connectivity index (χ3n) is 5.28. The largest absolute Gasteiger partial charge is 0.336 e. The molecule has 4 nitrogen and oxygen atoms in total. The summed E-state index contributed by atoms with van der Waals surface area (Å²) in [6, 6.07) is 4.29. The zero-order valence-corrected chi connectivity index (χ0v) is 14.7. The lowest BCUT2D eigenvalue weighted by molar-refractivity contribution is -0.133. The van der Waals surface area contributed by atoms with Gasteiger partial charge in [0.2, 0.25) is 5.91 Å². The molecule has 0 saturated carbocycles. The average Bonchev–Trinajstić information content (AvgIpc) is 3.06. The first-order chi connectivity index (χ1) is 10.8. The summed E-state index contributed by atoms with van der Waals surface area (Å²) in [6.07, 6.45) is 9.05. The molecule has 2 aliphatic rings. The smallest absolute Gasteiger partial charge is 0.223 e. The Morgan fingerprint density at radius 3 is 3.00 bits per heavy atom. The molecule has 0 bridgehead atoms. The Morgan fingerprint density at radius 2 is 2.30 bits per heavy atom. The number of rotatable bonds is 4. The maximum Gasteiger partial charge on any atom is 0.223 e. The number of carbonyl (C=O) groups is 1. The van der Waals surface area contributed by atoms with Crippen LogP contribution < -0.4 is 5.32 Å². The van der Waals surface area contributed by atoms with Gasteiger partial charge in [0.1, 0.15) is 0 Å². The van der Waals surface area contributed by atoms with Crippen molar-refractivity contribution in [1.29, 1.82) is 0 Å². The van der Waals surface area contributed by atoms with Gasteiger partial charge in [-0.2, -0.15) is 0 Å². The number of aromatic nitrogens is 1. The van der Waals surface area contributed by atoms with Crippen LogP contribution in [0.4, 0.5) is 0 Å². The predicted molar refractivity (Wildman–Crippen MR) is 94.5 cm³/mol. The Balaban J connectivity index is 0.00000192. The third kappa shape index (κ3) is 4.45. The number of carbonyl (C=O) groups excluding carboxylic acids is 1. The van der Waals surface area contributed by atoms with Crippen molar-refractivity contribution in [3.05, 3.63) is 30.1 Å². The van der Waals surface area contributed by atoms with E-state index in [0.717, 1.165) is 32.5 Å². The quantitative estimate of drug-likeness (QED) is 0.917. The summed E-state index contributed by atoms with van der Waals surface area (Å²) in [7, 11) is 0. The number of halogens is 1. The molecule has 128 valence electrons. The van der Waals surface area contributed by atoms with Crippen LogP contribution >= 0.6 is 12.4 Å². The van der Waals surface area contributed by atoms with E-state index in [1.165, 1.54) is 18.4 Å². The minimum absolute atomic E-state index is 0. The van der Waals surface area contributed by atoms with Crippen molar-refractivity contribution in [1.82, 2.24) is 15.2 Å². The van der Waals surface area contributed by atoms with Gasteiger partial charge in [0.25, 0.3) is 0 Å². The number of nitrogens with zero attached hydrogens (tertiary/aromatic N) is 2. The Kier molecular flexibility index (Phi) is 6.85. The van der Waals surface area contributed by atoms with Crippen molar-refractivity contribution in [3.63, 3.8) is 0 Å². The second-order valence-electron chi connectivity index (χ2n) is 6.82. The van der Waals surface area contributed by atoms with E-state index in [1.54, 1.807) is 6.20 Å². The number of hydrogen-bond donors (Lipinski definition) is 1. The second kappa shape index (κ2) is 8.65. The molecule has 3 rings (SSSR count). The Hall–Kier alpha value is -1.13.